The van der Waals surface area contributed by atoms with Gasteiger partial charge in [-0.15, -0.1) is 0 Å². The molecule has 1 aromatic rings. The first-order valence-corrected chi connectivity index (χ1v) is 7.19. The molecule has 110 valence electrons. The molecule has 0 bridgehead atoms. The third-order valence-corrected chi connectivity index (χ3v) is 3.71. The second kappa shape index (κ2) is 6.02. The van der Waals surface area contributed by atoms with Gasteiger partial charge in [-0.05, 0) is 51.0 Å². The lowest BCUT2D eigenvalue weighted by atomic mass is 9.95. The van der Waals surface area contributed by atoms with E-state index >= 15 is 0 Å². The first-order valence-electron chi connectivity index (χ1n) is 6.81. The van der Waals surface area contributed by atoms with Crippen LogP contribution in [0.2, 0.25) is 5.02 Å². The average Bonchev–Trinajstić information content (AvgIpc) is 2.39. The second-order valence-corrected chi connectivity index (χ2v) is 6.01. The van der Waals surface area contributed by atoms with Gasteiger partial charge in [-0.25, -0.2) is 0 Å². The van der Waals surface area contributed by atoms with E-state index in [-0.39, 0.29) is 5.91 Å². The Hall–Kier alpha value is -1.26. The van der Waals surface area contributed by atoms with Crippen molar-refractivity contribution in [1.29, 1.82) is 0 Å². The zero-order valence-electron chi connectivity index (χ0n) is 11.8. The topological polar surface area (TPSA) is 49.8 Å². The van der Waals surface area contributed by atoms with Crippen LogP contribution in [0.1, 0.15) is 26.7 Å². The number of halogens is 1. The number of hydrogen-bond donors (Lipinski definition) is 1. The Morgan fingerprint density at radius 1 is 1.45 bits per heavy atom. The molecule has 1 amide bonds. The maximum atomic E-state index is 12.3. The summed E-state index contributed by atoms with van der Waals surface area (Å²) in [5, 5.41) is 10.7. The van der Waals surface area contributed by atoms with Crippen molar-refractivity contribution in [2.45, 2.75) is 38.4 Å². The van der Waals surface area contributed by atoms with Gasteiger partial charge in [0.25, 0.3) is 5.91 Å². The van der Waals surface area contributed by atoms with E-state index in [9.17, 15) is 9.90 Å². The smallest absolute Gasteiger partial charge is 0.263 e. The van der Waals surface area contributed by atoms with Gasteiger partial charge < -0.3 is 14.7 Å². The van der Waals surface area contributed by atoms with Crippen molar-refractivity contribution in [1.82, 2.24) is 4.90 Å². The van der Waals surface area contributed by atoms with Gasteiger partial charge in [0.2, 0.25) is 0 Å². The van der Waals surface area contributed by atoms with Crippen molar-refractivity contribution in [2.75, 3.05) is 13.1 Å². The summed E-state index contributed by atoms with van der Waals surface area (Å²) in [5.41, 5.74) is -0.798. The number of ether oxygens (including phenoxy) is 1. The molecule has 1 heterocycles. The monoisotopic (exact) mass is 297 g/mol. The molecule has 0 aromatic heterocycles. The van der Waals surface area contributed by atoms with E-state index in [0.717, 1.165) is 12.8 Å². The van der Waals surface area contributed by atoms with E-state index in [4.69, 9.17) is 16.3 Å². The van der Waals surface area contributed by atoms with E-state index in [0.29, 0.717) is 23.9 Å². The Morgan fingerprint density at radius 3 is 2.70 bits per heavy atom. The number of β-amino-alcohol motifs (C(OH)–C–C–N with tert-alkyl or cyclic N) is 1. The van der Waals surface area contributed by atoms with Crippen molar-refractivity contribution >= 4 is 17.5 Å². The maximum absolute atomic E-state index is 12.3. The largest absolute Gasteiger partial charge is 0.481 e. The Balaban J connectivity index is 1.96. The summed E-state index contributed by atoms with van der Waals surface area (Å²) in [5.74, 6) is 0.513. The summed E-state index contributed by atoms with van der Waals surface area (Å²) >= 11 is 5.81. The van der Waals surface area contributed by atoms with Crippen molar-refractivity contribution < 1.29 is 14.6 Å². The van der Waals surface area contributed by atoms with E-state index < -0.39 is 11.7 Å². The Morgan fingerprint density at radius 2 is 2.10 bits per heavy atom. The molecule has 0 spiro atoms. The van der Waals surface area contributed by atoms with Gasteiger partial charge in [-0.2, -0.15) is 0 Å². The molecule has 2 rings (SSSR count). The third-order valence-electron chi connectivity index (χ3n) is 3.46. The lowest BCUT2D eigenvalue weighted by Gasteiger charge is -2.37. The highest BCUT2D eigenvalue weighted by Crippen LogP contribution is 2.22. The first-order chi connectivity index (χ1) is 9.37. The summed E-state index contributed by atoms with van der Waals surface area (Å²) in [6.07, 6.45) is 0.959. The third kappa shape index (κ3) is 3.87. The molecule has 4 nitrogen and oxygen atoms in total. The lowest BCUT2D eigenvalue weighted by Crippen LogP contribution is -2.51. The molecule has 0 radical (unpaired) electrons. The number of amides is 1. The first kappa shape index (κ1) is 15.1. The number of aliphatic hydroxyl groups is 1. The van der Waals surface area contributed by atoms with Crippen LogP contribution < -0.4 is 4.74 Å². The molecule has 2 atom stereocenters. The van der Waals surface area contributed by atoms with Gasteiger partial charge in [0.1, 0.15) is 5.75 Å². The van der Waals surface area contributed by atoms with Gasteiger partial charge in [-0.3, -0.25) is 4.79 Å². The van der Waals surface area contributed by atoms with E-state index in [1.54, 1.807) is 43.0 Å². The zero-order valence-corrected chi connectivity index (χ0v) is 12.6. The Bertz CT molecular complexity index is 473. The zero-order chi connectivity index (χ0) is 14.8. The van der Waals surface area contributed by atoms with Gasteiger partial charge in [0.15, 0.2) is 6.10 Å². The van der Waals surface area contributed by atoms with Crippen LogP contribution in [-0.4, -0.2) is 40.7 Å². The molecule has 1 aliphatic heterocycles. The quantitative estimate of drug-likeness (QED) is 0.932. The van der Waals surface area contributed by atoms with Crippen LogP contribution in [0.15, 0.2) is 24.3 Å². The highest BCUT2D eigenvalue weighted by molar-refractivity contribution is 6.30. The number of nitrogens with zero attached hydrogens (tertiary/aromatic N) is 1. The van der Waals surface area contributed by atoms with Crippen LogP contribution >= 0.6 is 11.6 Å². The van der Waals surface area contributed by atoms with Gasteiger partial charge in [0, 0.05) is 18.1 Å². The molecular weight excluding hydrogens is 278 g/mol. The predicted molar refractivity (Wildman–Crippen MR) is 78.0 cm³/mol. The predicted octanol–water partition coefficient (Wildman–Crippen LogP) is 2.48. The van der Waals surface area contributed by atoms with Gasteiger partial charge in [0.05, 0.1) is 5.60 Å². The molecule has 2 unspecified atom stereocenters. The standard InChI is InChI=1S/C15H20ClNO3/c1-11(20-13-6-4-12(16)5-7-13)14(18)17-9-3-8-15(2,19)10-17/h4-7,11,19H,3,8-10H2,1-2H3. The minimum Gasteiger partial charge on any atom is -0.481 e. The summed E-state index contributed by atoms with van der Waals surface area (Å²) in [7, 11) is 0. The van der Waals surface area contributed by atoms with Crippen molar-refractivity contribution in [3.8, 4) is 5.75 Å². The van der Waals surface area contributed by atoms with Crippen LogP contribution in [0.5, 0.6) is 5.75 Å². The number of carbonyl (C=O) groups is 1. The van der Waals surface area contributed by atoms with Crippen molar-refractivity contribution in [3.05, 3.63) is 29.3 Å². The van der Waals surface area contributed by atoms with Crippen LogP contribution in [-0.2, 0) is 4.79 Å². The number of piperidine rings is 1. The average molecular weight is 298 g/mol. The molecule has 20 heavy (non-hydrogen) atoms. The van der Waals surface area contributed by atoms with E-state index in [2.05, 4.69) is 0 Å². The fraction of sp³-hybridized carbons (Fsp3) is 0.533. The summed E-state index contributed by atoms with van der Waals surface area (Å²) in [6.45, 7) is 4.51. The minimum atomic E-state index is -0.798. The van der Waals surface area contributed by atoms with Crippen molar-refractivity contribution in [3.63, 3.8) is 0 Å². The fourth-order valence-corrected chi connectivity index (χ4v) is 2.56. The summed E-state index contributed by atoms with van der Waals surface area (Å²) < 4.78 is 5.62. The number of likely N-dealkylation sites (tertiary alicyclic amines) is 1. The summed E-state index contributed by atoms with van der Waals surface area (Å²) in [4.78, 5) is 14.0. The molecule has 1 saturated heterocycles. The van der Waals surface area contributed by atoms with Crippen molar-refractivity contribution in [2.24, 2.45) is 0 Å². The van der Waals surface area contributed by atoms with Crippen LogP contribution in [0.25, 0.3) is 0 Å². The van der Waals surface area contributed by atoms with E-state index in [1.165, 1.54) is 0 Å². The van der Waals surface area contributed by atoms with E-state index in [1.807, 2.05) is 0 Å². The molecular formula is C15H20ClNO3. The normalized spacial score (nSPS) is 24.3. The Kier molecular flexibility index (Phi) is 4.55. The van der Waals surface area contributed by atoms with Crippen LogP contribution in [0, 0.1) is 0 Å². The van der Waals surface area contributed by atoms with Gasteiger partial charge in [-0.1, -0.05) is 11.6 Å². The number of benzene rings is 1. The SMILES string of the molecule is CC(Oc1ccc(Cl)cc1)C(=O)N1CCCC(C)(O)C1. The Labute approximate surface area is 124 Å². The minimum absolute atomic E-state index is 0.0973. The van der Waals surface area contributed by atoms with Crippen LogP contribution in [0.4, 0.5) is 0 Å². The maximum Gasteiger partial charge on any atom is 0.263 e. The lowest BCUT2D eigenvalue weighted by molar-refractivity contribution is -0.144. The second-order valence-electron chi connectivity index (χ2n) is 5.57. The molecule has 1 aliphatic rings. The molecule has 0 aliphatic carbocycles. The number of hydrogen-bond acceptors (Lipinski definition) is 3. The molecule has 5 heteroatoms. The van der Waals surface area contributed by atoms with Crippen LogP contribution in [0.3, 0.4) is 0 Å². The number of carbonyl (C=O) groups excluding carboxylic acids is 1. The highest BCUT2D eigenvalue weighted by atomic mass is 35.5. The molecule has 0 saturated carbocycles. The fourth-order valence-electron chi connectivity index (χ4n) is 2.43. The van der Waals surface area contributed by atoms with Gasteiger partial charge >= 0.3 is 0 Å². The summed E-state index contributed by atoms with van der Waals surface area (Å²) in [6, 6.07) is 6.91. The highest BCUT2D eigenvalue weighted by Gasteiger charge is 2.33. The number of rotatable bonds is 3. The molecule has 1 fully saturated rings. The molecule has 1 aromatic carbocycles. The molecule has 1 N–H and O–H groups in total.